The first-order chi connectivity index (χ1) is 15.1. The van der Waals surface area contributed by atoms with Gasteiger partial charge in [-0.2, -0.15) is 0 Å². The van der Waals surface area contributed by atoms with Crippen LogP contribution >= 0.6 is 0 Å². The van der Waals surface area contributed by atoms with Crippen LogP contribution < -0.4 is 27.0 Å². The molecule has 0 aliphatic carbocycles. The van der Waals surface area contributed by atoms with Gasteiger partial charge >= 0.3 is 18.3 Å². The van der Waals surface area contributed by atoms with Crippen molar-refractivity contribution in [3.63, 3.8) is 0 Å². The lowest BCUT2D eigenvalue weighted by Crippen LogP contribution is -2.46. The number of alkyl carbamates (subject to hydrolysis) is 2. The lowest BCUT2D eigenvalue weighted by Gasteiger charge is -2.24. The summed E-state index contributed by atoms with van der Waals surface area (Å²) >= 11 is 0. The van der Waals surface area contributed by atoms with E-state index in [1.54, 1.807) is 41.5 Å². The van der Waals surface area contributed by atoms with Gasteiger partial charge in [0.25, 0.3) is 0 Å². The summed E-state index contributed by atoms with van der Waals surface area (Å²) in [6, 6.07) is -0.943. The number of carbonyl (C=O) groups excluding carboxylic acids is 3. The van der Waals surface area contributed by atoms with Crippen molar-refractivity contribution in [2.75, 3.05) is 19.6 Å². The summed E-state index contributed by atoms with van der Waals surface area (Å²) in [4.78, 5) is 46.5. The number of ether oxygens (including phenoxy) is 2. The minimum absolute atomic E-state index is 0.0145. The third-order valence-electron chi connectivity index (χ3n) is 3.90. The first-order valence-electron chi connectivity index (χ1n) is 11.0. The Kier molecular flexibility index (Phi) is 13.2. The number of carboxylic acid groups (broad SMARTS) is 1. The average Bonchev–Trinajstić information content (AvgIpc) is 2.59. The van der Waals surface area contributed by atoms with E-state index in [2.05, 4.69) is 21.3 Å². The van der Waals surface area contributed by atoms with Gasteiger partial charge in [-0.05, 0) is 60.8 Å². The monoisotopic (exact) mass is 475 g/mol. The van der Waals surface area contributed by atoms with Crippen molar-refractivity contribution in [3.05, 3.63) is 0 Å². The van der Waals surface area contributed by atoms with Crippen LogP contribution in [-0.4, -0.2) is 72.2 Å². The number of hydrogen-bond donors (Lipinski definition) is 6. The van der Waals surface area contributed by atoms with Crippen molar-refractivity contribution < 1.29 is 33.8 Å². The maximum absolute atomic E-state index is 12.2. The van der Waals surface area contributed by atoms with Crippen LogP contribution in [0.3, 0.4) is 0 Å². The molecule has 0 heterocycles. The summed E-state index contributed by atoms with van der Waals surface area (Å²) in [5.74, 6) is -0.319. The SMILES string of the molecule is CC(C)(C)OC(=O)NCCC[C@H](CNC(=O)CC(N)CCNC(=O)O)NC(=O)OC(C)(C)C. The van der Waals surface area contributed by atoms with Crippen LogP contribution in [-0.2, 0) is 14.3 Å². The fourth-order valence-electron chi connectivity index (χ4n) is 2.57. The summed E-state index contributed by atoms with van der Waals surface area (Å²) in [5, 5.41) is 18.9. The molecule has 0 aliphatic rings. The van der Waals surface area contributed by atoms with Gasteiger partial charge in [-0.15, -0.1) is 0 Å². The Balaban J connectivity index is 4.61. The molecule has 2 atom stereocenters. The van der Waals surface area contributed by atoms with Gasteiger partial charge in [-0.1, -0.05) is 0 Å². The number of hydrogen-bond acceptors (Lipinski definition) is 7. The second kappa shape index (κ2) is 14.4. The van der Waals surface area contributed by atoms with Gasteiger partial charge in [0.1, 0.15) is 11.2 Å². The molecule has 0 fully saturated rings. The molecule has 0 rings (SSSR count). The smallest absolute Gasteiger partial charge is 0.407 e. The highest BCUT2D eigenvalue weighted by molar-refractivity contribution is 5.76. The Bertz CT molecular complexity index is 644. The van der Waals surface area contributed by atoms with E-state index in [-0.39, 0.29) is 25.4 Å². The maximum atomic E-state index is 12.2. The molecule has 4 amide bonds. The molecule has 0 spiro atoms. The minimum atomic E-state index is -1.15. The van der Waals surface area contributed by atoms with Gasteiger partial charge in [0.05, 0.1) is 0 Å². The van der Waals surface area contributed by atoms with E-state index in [4.69, 9.17) is 20.3 Å². The molecule has 0 aromatic carbocycles. The van der Waals surface area contributed by atoms with Crippen molar-refractivity contribution in [3.8, 4) is 0 Å². The highest BCUT2D eigenvalue weighted by Gasteiger charge is 2.21. The van der Waals surface area contributed by atoms with Crippen molar-refractivity contribution in [1.82, 2.24) is 21.3 Å². The van der Waals surface area contributed by atoms with Crippen molar-refractivity contribution in [2.24, 2.45) is 5.73 Å². The molecule has 0 aromatic heterocycles. The van der Waals surface area contributed by atoms with E-state index in [9.17, 15) is 19.2 Å². The van der Waals surface area contributed by atoms with E-state index < -0.39 is 41.6 Å². The van der Waals surface area contributed by atoms with Crippen LogP contribution in [0.2, 0.25) is 0 Å². The molecule has 12 nitrogen and oxygen atoms in total. The molecular weight excluding hydrogens is 434 g/mol. The summed E-state index contributed by atoms with van der Waals surface area (Å²) < 4.78 is 10.5. The molecule has 0 radical (unpaired) electrons. The molecule has 33 heavy (non-hydrogen) atoms. The summed E-state index contributed by atoms with van der Waals surface area (Å²) in [7, 11) is 0. The number of nitrogens with two attached hydrogens (primary N) is 1. The van der Waals surface area contributed by atoms with Gasteiger partial charge in [-0.3, -0.25) is 4.79 Å². The Morgan fingerprint density at radius 3 is 1.97 bits per heavy atom. The van der Waals surface area contributed by atoms with Crippen LogP contribution in [0.1, 0.15) is 67.2 Å². The van der Waals surface area contributed by atoms with E-state index in [0.29, 0.717) is 25.8 Å². The average molecular weight is 476 g/mol. The van der Waals surface area contributed by atoms with Crippen LogP contribution in [0, 0.1) is 0 Å². The summed E-state index contributed by atoms with van der Waals surface area (Å²) in [6.45, 7) is 11.2. The van der Waals surface area contributed by atoms with Crippen LogP contribution in [0.4, 0.5) is 14.4 Å². The number of amides is 4. The molecule has 0 saturated carbocycles. The fourth-order valence-corrected chi connectivity index (χ4v) is 2.57. The molecule has 0 aliphatic heterocycles. The molecular formula is C21H41N5O7. The Morgan fingerprint density at radius 1 is 0.848 bits per heavy atom. The Labute approximate surface area is 195 Å². The molecule has 0 aromatic rings. The normalized spacial score (nSPS) is 13.3. The third kappa shape index (κ3) is 19.6. The summed E-state index contributed by atoms with van der Waals surface area (Å²) in [5.41, 5.74) is 4.58. The first-order valence-corrected chi connectivity index (χ1v) is 11.0. The third-order valence-corrected chi connectivity index (χ3v) is 3.90. The zero-order valence-electron chi connectivity index (χ0n) is 20.6. The van der Waals surface area contributed by atoms with Crippen molar-refractivity contribution >= 4 is 24.2 Å². The van der Waals surface area contributed by atoms with Crippen LogP contribution in [0.5, 0.6) is 0 Å². The predicted octanol–water partition coefficient (Wildman–Crippen LogP) is 1.68. The van der Waals surface area contributed by atoms with Crippen molar-refractivity contribution in [2.45, 2.75) is 90.5 Å². The topological polar surface area (TPSA) is 181 Å². The standard InChI is InChI=1S/C21H41N5O7/c1-20(2,3)32-18(30)24-10-7-8-15(26-19(31)33-21(4,5)6)13-25-16(27)12-14(22)9-11-23-17(28)29/h14-15,23H,7-13,22H2,1-6H3,(H,24,30)(H,25,27)(H,26,31)(H,28,29)/t14?,15-/m1/s1. The van der Waals surface area contributed by atoms with Gasteiger partial charge in [0.2, 0.25) is 5.91 Å². The maximum Gasteiger partial charge on any atom is 0.407 e. The first kappa shape index (κ1) is 30.2. The molecule has 7 N–H and O–H groups in total. The molecule has 192 valence electrons. The van der Waals surface area contributed by atoms with Crippen LogP contribution in [0.25, 0.3) is 0 Å². The van der Waals surface area contributed by atoms with E-state index in [1.165, 1.54) is 0 Å². The van der Waals surface area contributed by atoms with E-state index >= 15 is 0 Å². The van der Waals surface area contributed by atoms with Gasteiger partial charge < -0.3 is 41.6 Å². The van der Waals surface area contributed by atoms with Crippen LogP contribution in [0.15, 0.2) is 0 Å². The molecule has 0 saturated heterocycles. The Morgan fingerprint density at radius 2 is 1.42 bits per heavy atom. The molecule has 0 bridgehead atoms. The number of carbonyl (C=O) groups is 4. The van der Waals surface area contributed by atoms with E-state index in [0.717, 1.165) is 0 Å². The molecule has 12 heteroatoms. The minimum Gasteiger partial charge on any atom is -0.465 e. The lowest BCUT2D eigenvalue weighted by molar-refractivity contribution is -0.121. The summed E-state index contributed by atoms with van der Waals surface area (Å²) in [6.07, 6.45) is -0.975. The fraction of sp³-hybridized carbons (Fsp3) is 0.810. The quantitative estimate of drug-likeness (QED) is 0.230. The zero-order chi connectivity index (χ0) is 25.7. The number of rotatable bonds is 12. The lowest BCUT2D eigenvalue weighted by atomic mass is 10.1. The largest absolute Gasteiger partial charge is 0.465 e. The van der Waals surface area contributed by atoms with Gasteiger partial charge in [0, 0.05) is 38.1 Å². The highest BCUT2D eigenvalue weighted by atomic mass is 16.6. The van der Waals surface area contributed by atoms with Gasteiger partial charge in [-0.25, -0.2) is 14.4 Å². The van der Waals surface area contributed by atoms with E-state index in [1.807, 2.05) is 0 Å². The predicted molar refractivity (Wildman–Crippen MR) is 123 cm³/mol. The second-order valence-electron chi connectivity index (χ2n) is 9.70. The van der Waals surface area contributed by atoms with Crippen molar-refractivity contribution in [1.29, 1.82) is 0 Å². The molecule has 1 unspecified atom stereocenters. The zero-order valence-corrected chi connectivity index (χ0v) is 20.6. The highest BCUT2D eigenvalue weighted by Crippen LogP contribution is 2.08. The number of nitrogens with one attached hydrogen (secondary N) is 4. The second-order valence-corrected chi connectivity index (χ2v) is 9.70. The van der Waals surface area contributed by atoms with Gasteiger partial charge in [0.15, 0.2) is 0 Å². The Hall–Kier alpha value is -2.76.